The van der Waals surface area contributed by atoms with Gasteiger partial charge in [0, 0.05) is 31.2 Å². The molecule has 0 N–H and O–H groups in total. The van der Waals surface area contributed by atoms with Crippen molar-refractivity contribution in [3.63, 3.8) is 0 Å². The molecule has 2 aliphatic rings. The van der Waals surface area contributed by atoms with Crippen LogP contribution in [0.25, 0.3) is 0 Å². The van der Waals surface area contributed by atoms with E-state index in [-0.39, 0.29) is 17.7 Å². The maximum atomic E-state index is 13.1. The van der Waals surface area contributed by atoms with Crippen molar-refractivity contribution in [1.29, 1.82) is 0 Å². The number of hydrogen-bond acceptors (Lipinski definition) is 2. The lowest BCUT2D eigenvalue weighted by atomic mass is 10.0. The lowest BCUT2D eigenvalue weighted by Gasteiger charge is -2.30. The van der Waals surface area contributed by atoms with Gasteiger partial charge in [-0.15, -0.1) is 6.58 Å². The highest BCUT2D eigenvalue weighted by molar-refractivity contribution is 6.01. The minimum Gasteiger partial charge on any atom is -0.336 e. The monoisotopic (exact) mass is 340 g/mol. The molecular weight excluding hydrogens is 312 g/mol. The highest BCUT2D eigenvalue weighted by Crippen LogP contribution is 2.32. The number of carbonyl (C=O) groups is 2. The molecule has 25 heavy (non-hydrogen) atoms. The number of amides is 2. The third kappa shape index (κ3) is 3.48. The Morgan fingerprint density at radius 3 is 2.72 bits per heavy atom. The third-order valence-corrected chi connectivity index (χ3v) is 5.72. The Kier molecular flexibility index (Phi) is 5.26. The fourth-order valence-corrected chi connectivity index (χ4v) is 4.14. The Bertz CT molecular complexity index is 676. The number of benzene rings is 1. The van der Waals surface area contributed by atoms with Gasteiger partial charge in [0.1, 0.15) is 0 Å². The molecule has 3 rings (SSSR count). The van der Waals surface area contributed by atoms with Crippen LogP contribution < -0.4 is 4.90 Å². The molecule has 1 saturated carbocycles. The fraction of sp³-hybridized carbons (Fsp3) is 0.524. The number of rotatable bonds is 5. The average molecular weight is 340 g/mol. The van der Waals surface area contributed by atoms with Gasteiger partial charge in [-0.2, -0.15) is 0 Å². The molecule has 0 bridgehead atoms. The largest absolute Gasteiger partial charge is 0.336 e. The summed E-state index contributed by atoms with van der Waals surface area (Å²) in [6.45, 7) is 8.96. The van der Waals surface area contributed by atoms with Crippen molar-refractivity contribution in [2.75, 3.05) is 18.0 Å². The van der Waals surface area contributed by atoms with Gasteiger partial charge in [-0.1, -0.05) is 31.1 Å². The van der Waals surface area contributed by atoms with Gasteiger partial charge in [0.05, 0.1) is 5.92 Å². The van der Waals surface area contributed by atoms with Gasteiger partial charge in [0.25, 0.3) is 0 Å². The number of nitrogens with zero attached hydrogens (tertiary/aromatic N) is 2. The Morgan fingerprint density at radius 2 is 2.04 bits per heavy atom. The summed E-state index contributed by atoms with van der Waals surface area (Å²) in [6.07, 6.45) is 6.62. The molecule has 0 spiro atoms. The standard InChI is InChI=1S/C21H28N2O2/c1-4-12-22(18-9-5-6-10-18)21(25)17-13-20(24)23(14-17)19-11-7-8-15(2)16(19)3/h4,7-8,11,17-18H,1,5-6,9-10,12-14H2,2-3H3/t17-/m1/s1. The highest BCUT2D eigenvalue weighted by Gasteiger charge is 2.39. The topological polar surface area (TPSA) is 40.6 Å². The first-order chi connectivity index (χ1) is 12.0. The van der Waals surface area contributed by atoms with Crippen LogP contribution in [0, 0.1) is 19.8 Å². The molecule has 1 saturated heterocycles. The van der Waals surface area contributed by atoms with Crippen molar-refractivity contribution >= 4 is 17.5 Å². The third-order valence-electron chi connectivity index (χ3n) is 5.72. The molecule has 1 heterocycles. The number of anilines is 1. The SMILES string of the molecule is C=CCN(C(=O)[C@@H]1CC(=O)N(c2cccc(C)c2C)C1)C1CCCC1. The van der Waals surface area contributed by atoms with Crippen molar-refractivity contribution in [1.82, 2.24) is 4.90 Å². The molecule has 1 atom stereocenters. The number of carbonyl (C=O) groups excluding carboxylic acids is 2. The summed E-state index contributed by atoms with van der Waals surface area (Å²) in [7, 11) is 0. The van der Waals surface area contributed by atoms with Crippen LogP contribution in [0.4, 0.5) is 5.69 Å². The molecule has 134 valence electrons. The van der Waals surface area contributed by atoms with Gasteiger partial charge < -0.3 is 9.80 Å². The van der Waals surface area contributed by atoms with Crippen molar-refractivity contribution in [2.45, 2.75) is 52.0 Å². The predicted molar refractivity (Wildman–Crippen MR) is 101 cm³/mol. The van der Waals surface area contributed by atoms with Gasteiger partial charge in [-0.25, -0.2) is 0 Å². The van der Waals surface area contributed by atoms with Crippen molar-refractivity contribution in [3.05, 3.63) is 42.0 Å². The van der Waals surface area contributed by atoms with Crippen LogP contribution in [-0.2, 0) is 9.59 Å². The van der Waals surface area contributed by atoms with Crippen LogP contribution in [0.15, 0.2) is 30.9 Å². The van der Waals surface area contributed by atoms with Crippen molar-refractivity contribution in [3.8, 4) is 0 Å². The van der Waals surface area contributed by atoms with E-state index in [0.717, 1.165) is 24.1 Å². The van der Waals surface area contributed by atoms with Gasteiger partial charge in [-0.3, -0.25) is 9.59 Å². The maximum absolute atomic E-state index is 13.1. The molecule has 0 unspecified atom stereocenters. The first-order valence-corrected chi connectivity index (χ1v) is 9.31. The minimum absolute atomic E-state index is 0.0528. The number of hydrogen-bond donors (Lipinski definition) is 0. The molecule has 4 heteroatoms. The van der Waals surface area contributed by atoms with Crippen molar-refractivity contribution in [2.24, 2.45) is 5.92 Å². The van der Waals surface area contributed by atoms with E-state index in [9.17, 15) is 9.59 Å². The Morgan fingerprint density at radius 1 is 1.32 bits per heavy atom. The Hall–Kier alpha value is -2.10. The van der Waals surface area contributed by atoms with Gasteiger partial charge in [0.15, 0.2) is 0 Å². The van der Waals surface area contributed by atoms with E-state index in [1.165, 1.54) is 18.4 Å². The van der Waals surface area contributed by atoms with Crippen LogP contribution in [0.5, 0.6) is 0 Å². The van der Waals surface area contributed by atoms with Gasteiger partial charge in [-0.05, 0) is 43.9 Å². The van der Waals surface area contributed by atoms with Gasteiger partial charge >= 0.3 is 0 Å². The maximum Gasteiger partial charge on any atom is 0.228 e. The normalized spacial score (nSPS) is 21.0. The second kappa shape index (κ2) is 7.42. The summed E-state index contributed by atoms with van der Waals surface area (Å²) in [5, 5.41) is 0. The first kappa shape index (κ1) is 17.7. The number of aryl methyl sites for hydroxylation is 1. The van der Waals surface area contributed by atoms with Gasteiger partial charge in [0.2, 0.25) is 11.8 Å². The summed E-state index contributed by atoms with van der Waals surface area (Å²) in [4.78, 5) is 29.4. The Labute approximate surface area is 150 Å². The molecule has 4 nitrogen and oxygen atoms in total. The molecular formula is C21H28N2O2. The summed E-state index contributed by atoms with van der Waals surface area (Å²) < 4.78 is 0. The zero-order valence-electron chi connectivity index (χ0n) is 15.3. The first-order valence-electron chi connectivity index (χ1n) is 9.31. The van der Waals surface area contributed by atoms with E-state index in [2.05, 4.69) is 6.58 Å². The average Bonchev–Trinajstić information content (AvgIpc) is 3.24. The van der Waals surface area contributed by atoms with Crippen LogP contribution in [0.2, 0.25) is 0 Å². The zero-order chi connectivity index (χ0) is 18.0. The van der Waals surface area contributed by atoms with E-state index >= 15 is 0 Å². The quantitative estimate of drug-likeness (QED) is 0.768. The second-order valence-corrected chi connectivity index (χ2v) is 7.34. The van der Waals surface area contributed by atoms with E-state index < -0.39 is 0 Å². The molecule has 2 fully saturated rings. The van der Waals surface area contributed by atoms with Crippen LogP contribution >= 0.6 is 0 Å². The molecule has 1 aromatic carbocycles. The van der Waals surface area contributed by atoms with Crippen molar-refractivity contribution < 1.29 is 9.59 Å². The summed E-state index contributed by atoms with van der Waals surface area (Å²) >= 11 is 0. The van der Waals surface area contributed by atoms with Crippen LogP contribution in [0.1, 0.15) is 43.2 Å². The molecule has 2 amide bonds. The van der Waals surface area contributed by atoms with E-state index in [4.69, 9.17) is 0 Å². The lowest BCUT2D eigenvalue weighted by molar-refractivity contribution is -0.137. The van der Waals surface area contributed by atoms with E-state index in [1.54, 1.807) is 11.0 Å². The second-order valence-electron chi connectivity index (χ2n) is 7.34. The Balaban J connectivity index is 1.77. The summed E-state index contributed by atoms with van der Waals surface area (Å²) in [6, 6.07) is 6.32. The predicted octanol–water partition coefficient (Wildman–Crippen LogP) is 3.61. The molecule has 1 aromatic rings. The van der Waals surface area contributed by atoms with Crippen LogP contribution in [0.3, 0.4) is 0 Å². The molecule has 1 aliphatic carbocycles. The minimum atomic E-state index is -0.243. The molecule has 1 aliphatic heterocycles. The zero-order valence-corrected chi connectivity index (χ0v) is 15.3. The smallest absolute Gasteiger partial charge is 0.228 e. The lowest BCUT2D eigenvalue weighted by Crippen LogP contribution is -2.43. The fourth-order valence-electron chi connectivity index (χ4n) is 4.14. The highest BCUT2D eigenvalue weighted by atomic mass is 16.2. The summed E-state index contributed by atoms with van der Waals surface area (Å²) in [5.74, 6) is -0.0713. The molecule has 0 aromatic heterocycles. The van der Waals surface area contributed by atoms with Crippen LogP contribution in [-0.4, -0.2) is 35.8 Å². The van der Waals surface area contributed by atoms with E-state index in [1.807, 2.05) is 36.9 Å². The van der Waals surface area contributed by atoms with E-state index in [0.29, 0.717) is 25.6 Å². The summed E-state index contributed by atoms with van der Waals surface area (Å²) in [5.41, 5.74) is 3.22. The molecule has 0 radical (unpaired) electrons.